The molecule has 148 valence electrons. The summed E-state index contributed by atoms with van der Waals surface area (Å²) in [6.07, 6.45) is 12.6. The zero-order valence-electron chi connectivity index (χ0n) is 16.0. The number of aromatic nitrogens is 2. The quantitative estimate of drug-likeness (QED) is 0.426. The highest BCUT2D eigenvalue weighted by Gasteiger charge is 2.28. The number of nitrogens with zero attached hydrogens (tertiary/aromatic N) is 4. The van der Waals surface area contributed by atoms with Crippen LogP contribution >= 0.6 is 0 Å². The molecule has 0 spiro atoms. The molecule has 0 bridgehead atoms. The molecule has 1 fully saturated rings. The maximum Gasteiger partial charge on any atom is 0.251 e. The van der Waals surface area contributed by atoms with Crippen molar-refractivity contribution in [3.63, 3.8) is 0 Å². The lowest BCUT2D eigenvalue weighted by atomic mass is 10.1. The highest BCUT2D eigenvalue weighted by molar-refractivity contribution is 5.94. The van der Waals surface area contributed by atoms with E-state index in [0.29, 0.717) is 43.9 Å². The monoisotopic (exact) mass is 390 g/mol. The fraction of sp³-hybridized carbons (Fsp3) is 0.333. The van der Waals surface area contributed by atoms with E-state index in [9.17, 15) is 9.59 Å². The third-order valence-corrected chi connectivity index (χ3v) is 4.75. The molecule has 29 heavy (non-hydrogen) atoms. The largest absolute Gasteiger partial charge is 0.352 e. The zero-order chi connectivity index (χ0) is 20.6. The van der Waals surface area contributed by atoms with Crippen LogP contribution in [0.25, 0.3) is 5.69 Å². The lowest BCUT2D eigenvalue weighted by molar-refractivity contribution is -0.119. The molecule has 1 aromatic heterocycles. The van der Waals surface area contributed by atoms with Gasteiger partial charge in [0.15, 0.2) is 12.0 Å². The first-order valence-corrected chi connectivity index (χ1v) is 9.42. The first-order chi connectivity index (χ1) is 14.1. The predicted molar refractivity (Wildman–Crippen MR) is 108 cm³/mol. The van der Waals surface area contributed by atoms with Gasteiger partial charge in [-0.2, -0.15) is 5.26 Å². The predicted octanol–water partition coefficient (Wildman–Crippen LogP) is 1.76. The first kappa shape index (κ1) is 20.0. The molecule has 2 amide bonds. The molecule has 8 nitrogen and oxygen atoms in total. The summed E-state index contributed by atoms with van der Waals surface area (Å²) < 4.78 is 1.76. The van der Waals surface area contributed by atoms with Crippen molar-refractivity contribution in [3.8, 4) is 24.2 Å². The van der Waals surface area contributed by atoms with E-state index < -0.39 is 0 Å². The van der Waals surface area contributed by atoms with Crippen molar-refractivity contribution < 1.29 is 9.59 Å². The van der Waals surface area contributed by atoms with E-state index >= 15 is 0 Å². The van der Waals surface area contributed by atoms with Crippen molar-refractivity contribution in [2.45, 2.75) is 19.3 Å². The average Bonchev–Trinajstić information content (AvgIpc) is 3.41. The van der Waals surface area contributed by atoms with Crippen LogP contribution in [0, 0.1) is 29.7 Å². The molecule has 3 rings (SSSR count). The maximum absolute atomic E-state index is 12.3. The minimum Gasteiger partial charge on any atom is -0.352 e. The molecule has 1 aliphatic rings. The normalized spacial score (nSPS) is 15.4. The molecule has 0 saturated carbocycles. The molecule has 1 aromatic carbocycles. The van der Waals surface area contributed by atoms with E-state index in [2.05, 4.69) is 27.7 Å². The number of benzene rings is 1. The Hall–Kier alpha value is -3.78. The fourth-order valence-corrected chi connectivity index (χ4v) is 3.10. The van der Waals surface area contributed by atoms with Gasteiger partial charge in [-0.15, -0.1) is 12.3 Å². The van der Waals surface area contributed by atoms with Crippen molar-refractivity contribution in [2.24, 2.45) is 5.92 Å². The van der Waals surface area contributed by atoms with E-state index in [4.69, 9.17) is 11.7 Å². The summed E-state index contributed by atoms with van der Waals surface area (Å²) in [5.41, 5.74) is 1.38. The minimum atomic E-state index is -0.210. The van der Waals surface area contributed by atoms with E-state index in [-0.39, 0.29) is 17.7 Å². The molecule has 2 N–H and O–H groups in total. The van der Waals surface area contributed by atoms with Crippen molar-refractivity contribution in [3.05, 3.63) is 42.4 Å². The third kappa shape index (κ3) is 5.14. The first-order valence-electron chi connectivity index (χ1n) is 9.42. The number of likely N-dealkylation sites (tertiary alicyclic amines) is 1. The standard InChI is InChI=1S/C21H22N6O2/c1-2-3-4-10-23-20(28)16-5-7-18(8-6-16)27-13-19(24-15-27)25-21(29)17-9-11-26(12-17)14-22/h1,5-8,13,15,17H,3-4,9-12H2,(H,23,28)(H,25,29). The van der Waals surface area contributed by atoms with E-state index in [1.54, 1.807) is 34.1 Å². The topological polar surface area (TPSA) is 103 Å². The van der Waals surface area contributed by atoms with Crippen LogP contribution in [0.2, 0.25) is 0 Å². The molecule has 1 unspecified atom stereocenters. The van der Waals surface area contributed by atoms with Crippen LogP contribution in [0.3, 0.4) is 0 Å². The number of carbonyl (C=O) groups excluding carboxylic acids is 2. The van der Waals surface area contributed by atoms with Gasteiger partial charge in [0.2, 0.25) is 5.91 Å². The number of hydrogen-bond donors (Lipinski definition) is 2. The Morgan fingerprint density at radius 1 is 1.31 bits per heavy atom. The van der Waals surface area contributed by atoms with Crippen molar-refractivity contribution >= 4 is 17.6 Å². The Balaban J connectivity index is 1.56. The Bertz CT molecular complexity index is 951. The number of terminal acetylenes is 1. The van der Waals surface area contributed by atoms with Gasteiger partial charge in [-0.05, 0) is 37.1 Å². The van der Waals surface area contributed by atoms with Crippen LogP contribution in [0.1, 0.15) is 29.6 Å². The van der Waals surface area contributed by atoms with Crippen molar-refractivity contribution in [1.29, 1.82) is 5.26 Å². The molecule has 1 atom stereocenters. The summed E-state index contributed by atoms with van der Waals surface area (Å²) in [4.78, 5) is 30.2. The van der Waals surface area contributed by atoms with Gasteiger partial charge in [-0.1, -0.05) is 0 Å². The second-order valence-electron chi connectivity index (χ2n) is 6.80. The van der Waals surface area contributed by atoms with E-state index in [1.807, 2.05) is 12.1 Å². The van der Waals surface area contributed by atoms with Gasteiger partial charge in [-0.25, -0.2) is 4.98 Å². The van der Waals surface area contributed by atoms with Crippen molar-refractivity contribution in [1.82, 2.24) is 19.8 Å². The van der Waals surface area contributed by atoms with Crippen LogP contribution in [0.4, 0.5) is 5.82 Å². The average molecular weight is 390 g/mol. The summed E-state index contributed by atoms with van der Waals surface area (Å²) >= 11 is 0. The molecule has 0 aliphatic carbocycles. The van der Waals surface area contributed by atoms with Crippen molar-refractivity contribution in [2.75, 3.05) is 25.0 Å². The van der Waals surface area contributed by atoms with Gasteiger partial charge in [0.25, 0.3) is 5.91 Å². The second kappa shape index (κ2) is 9.43. The van der Waals surface area contributed by atoms with Crippen LogP contribution in [-0.2, 0) is 4.79 Å². The number of anilines is 1. The van der Waals surface area contributed by atoms with Crippen LogP contribution in [-0.4, -0.2) is 45.9 Å². The van der Waals surface area contributed by atoms with Gasteiger partial charge in [0.05, 0.1) is 12.1 Å². The van der Waals surface area contributed by atoms with Gasteiger partial charge < -0.3 is 20.1 Å². The Morgan fingerprint density at radius 2 is 2.10 bits per heavy atom. The molecule has 1 aliphatic heterocycles. The van der Waals surface area contributed by atoms with Gasteiger partial charge in [-0.3, -0.25) is 9.59 Å². The Labute approximate surface area is 169 Å². The number of unbranched alkanes of at least 4 members (excludes halogenated alkanes) is 1. The summed E-state index contributed by atoms with van der Waals surface area (Å²) in [6, 6.07) is 7.09. The number of rotatable bonds is 7. The smallest absolute Gasteiger partial charge is 0.251 e. The van der Waals surface area contributed by atoms with Gasteiger partial charge in [0, 0.05) is 37.3 Å². The summed E-state index contributed by atoms with van der Waals surface area (Å²) in [7, 11) is 0. The van der Waals surface area contributed by atoms with Gasteiger partial charge >= 0.3 is 0 Å². The summed E-state index contributed by atoms with van der Waals surface area (Å²) in [6.45, 7) is 1.59. The zero-order valence-corrected chi connectivity index (χ0v) is 16.0. The number of imidazole rings is 1. The molecular formula is C21H22N6O2. The van der Waals surface area contributed by atoms with E-state index in [1.165, 1.54) is 0 Å². The molecular weight excluding hydrogens is 368 g/mol. The number of nitrogens with one attached hydrogen (secondary N) is 2. The molecule has 2 heterocycles. The minimum absolute atomic E-state index is 0.134. The molecule has 2 aromatic rings. The lowest BCUT2D eigenvalue weighted by Crippen LogP contribution is -2.25. The third-order valence-electron chi connectivity index (χ3n) is 4.75. The molecule has 8 heteroatoms. The fourth-order valence-electron chi connectivity index (χ4n) is 3.10. The number of hydrogen-bond acceptors (Lipinski definition) is 5. The summed E-state index contributed by atoms with van der Waals surface area (Å²) in [5.74, 6) is 2.50. The Morgan fingerprint density at radius 3 is 2.79 bits per heavy atom. The molecule has 0 radical (unpaired) electrons. The molecule has 1 saturated heterocycles. The SMILES string of the molecule is C#CCCCNC(=O)c1ccc(-n2cnc(NC(=O)C3CCN(C#N)C3)c2)cc1. The summed E-state index contributed by atoms with van der Waals surface area (Å²) in [5, 5.41) is 14.5. The van der Waals surface area contributed by atoms with Crippen LogP contribution < -0.4 is 10.6 Å². The van der Waals surface area contributed by atoms with Crippen LogP contribution in [0.15, 0.2) is 36.8 Å². The van der Waals surface area contributed by atoms with Gasteiger partial charge in [0.1, 0.15) is 6.33 Å². The number of amides is 2. The Kier molecular flexibility index (Phi) is 6.49. The number of carbonyl (C=O) groups is 2. The number of nitriles is 1. The maximum atomic E-state index is 12.3. The highest BCUT2D eigenvalue weighted by Crippen LogP contribution is 2.18. The lowest BCUT2D eigenvalue weighted by Gasteiger charge is -2.09. The highest BCUT2D eigenvalue weighted by atomic mass is 16.2. The van der Waals surface area contributed by atoms with Crippen LogP contribution in [0.5, 0.6) is 0 Å². The van der Waals surface area contributed by atoms with E-state index in [0.717, 1.165) is 12.1 Å². The second-order valence-corrected chi connectivity index (χ2v) is 6.80.